The van der Waals surface area contributed by atoms with Crippen molar-refractivity contribution in [2.75, 3.05) is 37.5 Å². The lowest BCUT2D eigenvalue weighted by molar-refractivity contribution is 0.128. The molecule has 0 radical (unpaired) electrons. The van der Waals surface area contributed by atoms with Crippen LogP contribution in [0, 0.1) is 0 Å². The summed E-state index contributed by atoms with van der Waals surface area (Å²) in [6, 6.07) is 0. The summed E-state index contributed by atoms with van der Waals surface area (Å²) >= 11 is 16.1. The fourth-order valence-corrected chi connectivity index (χ4v) is 2.27. The van der Waals surface area contributed by atoms with Gasteiger partial charge in [-0.05, 0) is 0 Å². The van der Waals surface area contributed by atoms with Crippen molar-refractivity contribution in [3.05, 3.63) is 0 Å². The van der Waals surface area contributed by atoms with Gasteiger partial charge < -0.3 is 14.7 Å². The fraction of sp³-hybridized carbons (Fsp3) is 1.00. The summed E-state index contributed by atoms with van der Waals surface area (Å²) in [5.74, 6) is 0.620. The molecule has 118 valence electrons. The maximum absolute atomic E-state index is 11.6. The Balaban J connectivity index is 0. The smallest absolute Gasteiger partial charge is 0.303 e. The Morgan fingerprint density at radius 1 is 0.737 bits per heavy atom. The van der Waals surface area contributed by atoms with Crippen molar-refractivity contribution in [3.63, 3.8) is 0 Å². The van der Waals surface area contributed by atoms with Crippen molar-refractivity contribution >= 4 is 50.4 Å². The van der Waals surface area contributed by atoms with Crippen molar-refractivity contribution in [1.82, 2.24) is 0 Å². The lowest BCUT2D eigenvalue weighted by atomic mass is 10.9. The Hall–Kier alpha value is 1.09. The Labute approximate surface area is 125 Å². The summed E-state index contributed by atoms with van der Waals surface area (Å²) in [5, 5.41) is 0. The largest absolute Gasteiger partial charge is 0.474 e. The molecule has 0 aliphatic rings. The van der Waals surface area contributed by atoms with Gasteiger partial charge >= 0.3 is 15.6 Å². The van der Waals surface area contributed by atoms with Gasteiger partial charge in [-0.1, -0.05) is 0 Å². The molecule has 3 N–H and O–H groups in total. The Morgan fingerprint density at radius 2 is 0.947 bits per heavy atom. The van der Waals surface area contributed by atoms with Crippen LogP contribution in [-0.2, 0) is 22.7 Å². The van der Waals surface area contributed by atoms with Gasteiger partial charge in [-0.25, -0.2) is 9.13 Å². The van der Waals surface area contributed by atoms with E-state index in [9.17, 15) is 4.57 Å². The van der Waals surface area contributed by atoms with Crippen LogP contribution in [0.25, 0.3) is 0 Å². The summed E-state index contributed by atoms with van der Waals surface area (Å²) in [5.41, 5.74) is 0. The zero-order valence-corrected chi connectivity index (χ0v) is 13.7. The molecule has 13 heteroatoms. The van der Waals surface area contributed by atoms with E-state index in [2.05, 4.69) is 0 Å². The van der Waals surface area contributed by atoms with E-state index in [1.54, 1.807) is 0 Å². The van der Waals surface area contributed by atoms with Crippen LogP contribution >= 0.6 is 50.4 Å². The molecule has 0 fully saturated rings. The third kappa shape index (κ3) is 21.5. The molecule has 0 aliphatic heterocycles. The molecule has 0 saturated heterocycles. The molecule has 0 unspecified atom stereocenters. The molecule has 0 amide bonds. The lowest BCUT2D eigenvalue weighted by Crippen LogP contribution is -2.05. The van der Waals surface area contributed by atoms with Crippen LogP contribution in [0.15, 0.2) is 0 Å². The molecular weight excluding hydrogens is 368 g/mol. The zero-order chi connectivity index (χ0) is 15.4. The topological polar surface area (TPSA) is 123 Å². The van der Waals surface area contributed by atoms with Crippen LogP contribution in [0.4, 0.5) is 0 Å². The molecule has 0 rings (SSSR count). The van der Waals surface area contributed by atoms with Gasteiger partial charge in [0, 0.05) is 17.6 Å². The van der Waals surface area contributed by atoms with Gasteiger partial charge in [0.1, 0.15) is 0 Å². The lowest BCUT2D eigenvalue weighted by Gasteiger charge is -2.16. The second-order valence-electron chi connectivity index (χ2n) is 2.53. The number of rotatable bonds is 9. The normalized spacial score (nSPS) is 11.9. The van der Waals surface area contributed by atoms with Crippen LogP contribution in [0.3, 0.4) is 0 Å². The maximum Gasteiger partial charge on any atom is 0.474 e. The summed E-state index contributed by atoms with van der Waals surface area (Å²) in [7, 11) is -8.16. The van der Waals surface area contributed by atoms with Crippen LogP contribution in [0.5, 0.6) is 0 Å². The van der Waals surface area contributed by atoms with Gasteiger partial charge in [-0.2, -0.15) is 0 Å². The van der Waals surface area contributed by atoms with Gasteiger partial charge in [-0.15, -0.1) is 34.8 Å². The molecule has 0 aliphatic carbocycles. The van der Waals surface area contributed by atoms with E-state index in [1.807, 2.05) is 0 Å². The predicted octanol–water partition coefficient (Wildman–Crippen LogP) is 1.93. The van der Waals surface area contributed by atoms with E-state index < -0.39 is 15.6 Å². The van der Waals surface area contributed by atoms with E-state index in [-0.39, 0.29) is 37.5 Å². The van der Waals surface area contributed by atoms with Crippen molar-refractivity contribution in [2.45, 2.75) is 0 Å². The van der Waals surface area contributed by atoms with E-state index in [0.29, 0.717) is 0 Å². The third-order valence-corrected chi connectivity index (χ3v) is 2.94. The van der Waals surface area contributed by atoms with Crippen molar-refractivity contribution in [1.29, 1.82) is 0 Å². The second-order valence-corrected chi connectivity index (χ2v) is 6.36. The van der Waals surface area contributed by atoms with E-state index >= 15 is 0 Å². The van der Waals surface area contributed by atoms with Crippen LogP contribution in [0.1, 0.15) is 0 Å². The van der Waals surface area contributed by atoms with Crippen LogP contribution in [-0.4, -0.2) is 52.1 Å². The fourth-order valence-electron chi connectivity index (χ4n) is 0.551. The van der Waals surface area contributed by atoms with Crippen LogP contribution < -0.4 is 0 Å². The highest BCUT2D eigenvalue weighted by molar-refractivity contribution is 7.48. The first-order chi connectivity index (χ1) is 8.68. The minimum Gasteiger partial charge on any atom is -0.303 e. The minimum atomic E-state index is -4.64. The second kappa shape index (κ2) is 12.8. The highest BCUT2D eigenvalue weighted by Crippen LogP contribution is 2.49. The summed E-state index contributed by atoms with van der Waals surface area (Å²) < 4.78 is 35.1. The monoisotopic (exact) mass is 382 g/mol. The molecule has 0 saturated carbocycles. The zero-order valence-electron chi connectivity index (χ0n) is 9.65. The summed E-state index contributed by atoms with van der Waals surface area (Å²) in [6.07, 6.45) is 0. The molecule has 0 heterocycles. The molecule has 0 aromatic rings. The van der Waals surface area contributed by atoms with Crippen molar-refractivity contribution < 1.29 is 37.4 Å². The Morgan fingerprint density at radius 3 is 1.11 bits per heavy atom. The van der Waals surface area contributed by atoms with Gasteiger partial charge in [0.15, 0.2) is 0 Å². The number of phosphoric ester groups is 1. The van der Waals surface area contributed by atoms with Crippen molar-refractivity contribution in [3.8, 4) is 0 Å². The average molecular weight is 383 g/mol. The Kier molecular flexibility index (Phi) is 15.1. The van der Waals surface area contributed by atoms with E-state index in [1.165, 1.54) is 0 Å². The number of hydrogen-bond donors (Lipinski definition) is 3. The number of alkyl halides is 3. The first kappa shape index (κ1) is 22.4. The molecule has 0 aromatic heterocycles. The van der Waals surface area contributed by atoms with Gasteiger partial charge in [0.25, 0.3) is 0 Å². The van der Waals surface area contributed by atoms with Crippen molar-refractivity contribution in [2.24, 2.45) is 0 Å². The highest BCUT2D eigenvalue weighted by Gasteiger charge is 2.25. The average Bonchev–Trinajstić information content (AvgIpc) is 2.30. The van der Waals surface area contributed by atoms with Crippen LogP contribution in [0.2, 0.25) is 0 Å². The quantitative estimate of drug-likeness (QED) is 0.408. The standard InChI is InChI=1S/C6H12Cl3O4P.H3O4P/c7-1-4-11-14(10,12-5-2-8)13-6-3-9;1-5(2,3)4/h1-6H2;(H3,1,2,3,4). The van der Waals surface area contributed by atoms with E-state index in [4.69, 9.17) is 67.6 Å². The molecule has 19 heavy (non-hydrogen) atoms. The van der Waals surface area contributed by atoms with Gasteiger partial charge in [-0.3, -0.25) is 13.6 Å². The van der Waals surface area contributed by atoms with E-state index in [0.717, 1.165) is 0 Å². The molecule has 8 nitrogen and oxygen atoms in total. The molecule has 0 spiro atoms. The predicted molar refractivity (Wildman–Crippen MR) is 71.9 cm³/mol. The SMILES string of the molecule is O=P(O)(O)O.O=P(OCCCl)(OCCCl)OCCCl. The molecule has 0 bridgehead atoms. The Bertz CT molecular complexity index is 261. The molecular formula is C6H15Cl3O8P2. The first-order valence-electron chi connectivity index (χ1n) is 4.68. The maximum atomic E-state index is 11.6. The molecule has 0 atom stereocenters. The number of hydrogen-bond acceptors (Lipinski definition) is 5. The summed E-state index contributed by atoms with van der Waals surface area (Å²) in [4.78, 5) is 21.6. The van der Waals surface area contributed by atoms with Gasteiger partial charge in [0.2, 0.25) is 0 Å². The number of halogens is 3. The highest BCUT2D eigenvalue weighted by atomic mass is 35.5. The molecule has 0 aromatic carbocycles. The first-order valence-corrected chi connectivity index (χ1v) is 9.31. The number of phosphoric acid groups is 2. The van der Waals surface area contributed by atoms with Gasteiger partial charge in [0.05, 0.1) is 19.8 Å². The summed E-state index contributed by atoms with van der Waals surface area (Å²) in [6.45, 7) is 0.260. The third-order valence-electron chi connectivity index (χ3n) is 0.980. The minimum absolute atomic E-state index is 0.0867.